The maximum Gasteiger partial charge on any atom is 0.253 e. The number of likely N-dealkylation sites (tertiary alicyclic amines) is 1. The largest absolute Gasteiger partial charge is 0.491 e. The van der Waals surface area contributed by atoms with Crippen LogP contribution in [0.15, 0.2) is 42.5 Å². The van der Waals surface area contributed by atoms with Gasteiger partial charge in [-0.15, -0.1) is 0 Å². The summed E-state index contributed by atoms with van der Waals surface area (Å²) in [4.78, 5) is 14.6. The predicted octanol–water partition coefficient (Wildman–Crippen LogP) is 4.05. The lowest BCUT2D eigenvalue weighted by Crippen LogP contribution is -2.38. The van der Waals surface area contributed by atoms with Gasteiger partial charge in [-0.3, -0.25) is 4.79 Å². The number of benzene rings is 2. The van der Waals surface area contributed by atoms with Gasteiger partial charge in [0, 0.05) is 18.7 Å². The van der Waals surface area contributed by atoms with Gasteiger partial charge in [0.15, 0.2) is 0 Å². The van der Waals surface area contributed by atoms with Crippen molar-refractivity contribution in [2.45, 2.75) is 45.6 Å². The van der Waals surface area contributed by atoms with E-state index in [4.69, 9.17) is 4.74 Å². The molecule has 1 atom stereocenters. The molecule has 2 aromatic carbocycles. The molecule has 0 saturated carbocycles. The number of aryl methyl sites for hydroxylation is 3. The second-order valence-electron chi connectivity index (χ2n) is 7.77. The highest BCUT2D eigenvalue weighted by atomic mass is 16.5. The van der Waals surface area contributed by atoms with Crippen molar-refractivity contribution < 1.29 is 14.6 Å². The van der Waals surface area contributed by atoms with E-state index < -0.39 is 5.60 Å². The number of hydrogen-bond acceptors (Lipinski definition) is 3. The Balaban J connectivity index is 1.61. The summed E-state index contributed by atoms with van der Waals surface area (Å²) in [5.74, 6) is 0.821. The first-order valence-electron chi connectivity index (χ1n) is 9.65. The SMILES string of the molecule is Cc1cccc(C(=O)N2CCCC(O)(COc3ccc(C)c(C)c3)CC2)c1. The first-order chi connectivity index (χ1) is 12.9. The van der Waals surface area contributed by atoms with Crippen LogP contribution in [-0.2, 0) is 0 Å². The Hall–Kier alpha value is -2.33. The Morgan fingerprint density at radius 3 is 2.63 bits per heavy atom. The molecule has 0 aromatic heterocycles. The smallest absolute Gasteiger partial charge is 0.253 e. The summed E-state index contributed by atoms with van der Waals surface area (Å²) in [6.07, 6.45) is 1.93. The summed E-state index contributed by atoms with van der Waals surface area (Å²) < 4.78 is 5.88. The summed E-state index contributed by atoms with van der Waals surface area (Å²) in [6.45, 7) is 7.57. The number of carbonyl (C=O) groups is 1. The Morgan fingerprint density at radius 2 is 1.89 bits per heavy atom. The molecular weight excluding hydrogens is 338 g/mol. The third-order valence-corrected chi connectivity index (χ3v) is 5.46. The monoisotopic (exact) mass is 367 g/mol. The van der Waals surface area contributed by atoms with E-state index in [1.807, 2.05) is 54.3 Å². The van der Waals surface area contributed by atoms with E-state index in [0.717, 1.165) is 17.7 Å². The van der Waals surface area contributed by atoms with Crippen LogP contribution in [-0.4, -0.2) is 41.2 Å². The number of amides is 1. The van der Waals surface area contributed by atoms with Crippen molar-refractivity contribution in [2.24, 2.45) is 0 Å². The van der Waals surface area contributed by atoms with Crippen LogP contribution < -0.4 is 4.74 Å². The van der Waals surface area contributed by atoms with Crippen molar-refractivity contribution in [1.29, 1.82) is 0 Å². The Morgan fingerprint density at radius 1 is 1.07 bits per heavy atom. The van der Waals surface area contributed by atoms with Crippen LogP contribution in [0.1, 0.15) is 46.3 Å². The average Bonchev–Trinajstić information content (AvgIpc) is 2.84. The van der Waals surface area contributed by atoms with Crippen molar-refractivity contribution in [1.82, 2.24) is 4.90 Å². The normalized spacial score (nSPS) is 20.2. The lowest BCUT2D eigenvalue weighted by Gasteiger charge is -2.27. The van der Waals surface area contributed by atoms with E-state index in [0.29, 0.717) is 31.5 Å². The van der Waals surface area contributed by atoms with Crippen molar-refractivity contribution in [3.63, 3.8) is 0 Å². The fourth-order valence-corrected chi connectivity index (χ4v) is 3.51. The summed E-state index contributed by atoms with van der Waals surface area (Å²) in [5, 5.41) is 11.0. The molecule has 0 bridgehead atoms. The zero-order valence-corrected chi connectivity index (χ0v) is 16.5. The number of aliphatic hydroxyl groups is 1. The molecule has 1 amide bonds. The van der Waals surface area contributed by atoms with Crippen LogP contribution in [0.2, 0.25) is 0 Å². The average molecular weight is 367 g/mol. The van der Waals surface area contributed by atoms with Crippen molar-refractivity contribution in [2.75, 3.05) is 19.7 Å². The third kappa shape index (κ3) is 4.89. The van der Waals surface area contributed by atoms with E-state index in [2.05, 4.69) is 13.8 Å². The van der Waals surface area contributed by atoms with E-state index in [1.165, 1.54) is 11.1 Å². The zero-order valence-electron chi connectivity index (χ0n) is 16.5. The van der Waals surface area contributed by atoms with Crippen molar-refractivity contribution in [3.05, 3.63) is 64.7 Å². The number of ether oxygens (including phenoxy) is 1. The molecular formula is C23H29NO3. The van der Waals surface area contributed by atoms with Gasteiger partial charge in [-0.25, -0.2) is 0 Å². The van der Waals surface area contributed by atoms with Gasteiger partial charge in [0.05, 0.1) is 0 Å². The first kappa shape index (κ1) is 19.4. The van der Waals surface area contributed by atoms with Crippen LogP contribution in [0, 0.1) is 20.8 Å². The number of hydrogen-bond donors (Lipinski definition) is 1. The van der Waals surface area contributed by atoms with Crippen LogP contribution in [0.3, 0.4) is 0 Å². The molecule has 1 N–H and O–H groups in total. The van der Waals surface area contributed by atoms with E-state index in [-0.39, 0.29) is 12.5 Å². The molecule has 1 saturated heterocycles. The molecule has 0 aliphatic carbocycles. The van der Waals surface area contributed by atoms with Gasteiger partial charge in [-0.05, 0) is 75.4 Å². The topological polar surface area (TPSA) is 49.8 Å². The third-order valence-electron chi connectivity index (χ3n) is 5.46. The number of nitrogens with zero attached hydrogens (tertiary/aromatic N) is 1. The maximum absolute atomic E-state index is 12.8. The van der Waals surface area contributed by atoms with Crippen LogP contribution in [0.25, 0.3) is 0 Å². The van der Waals surface area contributed by atoms with Gasteiger partial charge in [0.25, 0.3) is 5.91 Å². The molecule has 1 aliphatic rings. The van der Waals surface area contributed by atoms with Gasteiger partial charge in [-0.1, -0.05) is 23.8 Å². The molecule has 0 spiro atoms. The van der Waals surface area contributed by atoms with Crippen molar-refractivity contribution in [3.8, 4) is 5.75 Å². The van der Waals surface area contributed by atoms with E-state index >= 15 is 0 Å². The minimum Gasteiger partial charge on any atom is -0.491 e. The van der Waals surface area contributed by atoms with Crippen LogP contribution in [0.5, 0.6) is 5.75 Å². The Bertz CT molecular complexity index is 817. The van der Waals surface area contributed by atoms with Gasteiger partial charge < -0.3 is 14.7 Å². The molecule has 0 radical (unpaired) electrons. The molecule has 2 aromatic rings. The minimum absolute atomic E-state index is 0.0398. The maximum atomic E-state index is 12.8. The van der Waals surface area contributed by atoms with Gasteiger partial charge in [-0.2, -0.15) is 0 Å². The number of rotatable bonds is 4. The minimum atomic E-state index is -0.902. The van der Waals surface area contributed by atoms with Crippen molar-refractivity contribution >= 4 is 5.91 Å². The molecule has 1 heterocycles. The molecule has 4 heteroatoms. The van der Waals surface area contributed by atoms with E-state index in [1.54, 1.807) is 0 Å². The highest BCUT2D eigenvalue weighted by Gasteiger charge is 2.32. The molecule has 3 rings (SSSR count). The molecule has 4 nitrogen and oxygen atoms in total. The molecule has 27 heavy (non-hydrogen) atoms. The van der Waals surface area contributed by atoms with Crippen LogP contribution >= 0.6 is 0 Å². The Kier molecular flexibility index (Phi) is 5.85. The fraction of sp³-hybridized carbons (Fsp3) is 0.435. The summed E-state index contributed by atoms with van der Waals surface area (Å²) >= 11 is 0. The van der Waals surface area contributed by atoms with Gasteiger partial charge in [0.1, 0.15) is 18.0 Å². The first-order valence-corrected chi connectivity index (χ1v) is 9.65. The summed E-state index contributed by atoms with van der Waals surface area (Å²) in [7, 11) is 0. The lowest BCUT2D eigenvalue weighted by atomic mass is 9.96. The number of carbonyl (C=O) groups excluding carboxylic acids is 1. The zero-order chi connectivity index (χ0) is 19.4. The summed E-state index contributed by atoms with van der Waals surface area (Å²) in [5.41, 5.74) is 3.29. The molecule has 1 unspecified atom stereocenters. The lowest BCUT2D eigenvalue weighted by molar-refractivity contribution is -0.0163. The summed E-state index contributed by atoms with van der Waals surface area (Å²) in [6, 6.07) is 13.6. The highest BCUT2D eigenvalue weighted by Crippen LogP contribution is 2.25. The van der Waals surface area contributed by atoms with Gasteiger partial charge >= 0.3 is 0 Å². The molecule has 144 valence electrons. The molecule has 1 fully saturated rings. The van der Waals surface area contributed by atoms with Gasteiger partial charge in [0.2, 0.25) is 0 Å². The predicted molar refractivity (Wildman–Crippen MR) is 107 cm³/mol. The second-order valence-corrected chi connectivity index (χ2v) is 7.77. The molecule has 1 aliphatic heterocycles. The highest BCUT2D eigenvalue weighted by molar-refractivity contribution is 5.94. The second kappa shape index (κ2) is 8.13. The standard InChI is InChI=1S/C23H29NO3/c1-17-6-4-7-20(14-17)22(25)24-12-5-10-23(26,11-13-24)16-27-21-9-8-18(2)19(3)15-21/h4,6-9,14-15,26H,5,10-13,16H2,1-3H3. The van der Waals surface area contributed by atoms with E-state index in [9.17, 15) is 9.90 Å². The Labute approximate surface area is 161 Å². The fourth-order valence-electron chi connectivity index (χ4n) is 3.51. The van der Waals surface area contributed by atoms with Crippen LogP contribution in [0.4, 0.5) is 0 Å². The quantitative estimate of drug-likeness (QED) is 0.887.